The summed E-state index contributed by atoms with van der Waals surface area (Å²) < 4.78 is 5.05. The Bertz CT molecular complexity index is 369. The lowest BCUT2D eigenvalue weighted by Crippen LogP contribution is -2.43. The lowest BCUT2D eigenvalue weighted by molar-refractivity contribution is -0.138. The average Bonchev–Trinajstić information content (AvgIpc) is 2.98. The van der Waals surface area contributed by atoms with Crippen LogP contribution >= 0.6 is 24.0 Å². The first kappa shape index (κ1) is 22.4. The Morgan fingerprint density at radius 2 is 1.91 bits per heavy atom. The first-order valence-electron chi connectivity index (χ1n) is 8.28. The maximum atomic E-state index is 12.5. The van der Waals surface area contributed by atoms with Crippen LogP contribution in [0.15, 0.2) is 4.99 Å². The highest BCUT2D eigenvalue weighted by Gasteiger charge is 2.41. The van der Waals surface area contributed by atoms with Gasteiger partial charge in [0.15, 0.2) is 5.96 Å². The number of nitrogens with zero attached hydrogens (tertiary/aromatic N) is 2. The molecule has 0 atom stereocenters. The molecule has 0 aromatic carbocycles. The molecule has 2 N–H and O–H groups in total. The Labute approximate surface area is 157 Å². The van der Waals surface area contributed by atoms with E-state index in [0.717, 1.165) is 57.8 Å². The van der Waals surface area contributed by atoms with E-state index in [1.165, 1.54) is 0 Å². The van der Waals surface area contributed by atoms with E-state index in [0.29, 0.717) is 6.54 Å². The van der Waals surface area contributed by atoms with E-state index in [4.69, 9.17) is 4.74 Å². The molecule has 7 heteroatoms. The summed E-state index contributed by atoms with van der Waals surface area (Å²) in [7, 11) is 5.37. The number of amides is 1. The number of rotatable bonds is 8. The van der Waals surface area contributed by atoms with E-state index >= 15 is 0 Å². The lowest BCUT2D eigenvalue weighted by Gasteiger charge is -2.29. The predicted molar refractivity (Wildman–Crippen MR) is 105 cm³/mol. The summed E-state index contributed by atoms with van der Waals surface area (Å²) in [5, 5.41) is 6.54. The standard InChI is InChI=1S/C16H32N4O2.HI/c1-5-17-15(18-11-8-12-22-4)19-13-16(9-6-7-10-16)14(21)20(2)3;/h5-13H2,1-4H3,(H2,17,18,19);1H. The monoisotopic (exact) mass is 440 g/mol. The van der Waals surface area contributed by atoms with Crippen LogP contribution in [0.25, 0.3) is 0 Å². The van der Waals surface area contributed by atoms with Crippen LogP contribution < -0.4 is 10.6 Å². The van der Waals surface area contributed by atoms with Crippen LogP contribution in [-0.2, 0) is 9.53 Å². The van der Waals surface area contributed by atoms with Crippen molar-refractivity contribution < 1.29 is 9.53 Å². The molecule has 0 radical (unpaired) electrons. The predicted octanol–water partition coefficient (Wildman–Crippen LogP) is 1.84. The maximum absolute atomic E-state index is 12.5. The quantitative estimate of drug-likeness (QED) is 0.262. The van der Waals surface area contributed by atoms with Crippen molar-refractivity contribution in [3.05, 3.63) is 0 Å². The van der Waals surface area contributed by atoms with Crippen LogP contribution in [0.5, 0.6) is 0 Å². The number of carbonyl (C=O) groups excluding carboxylic acids is 1. The Morgan fingerprint density at radius 3 is 2.43 bits per heavy atom. The summed E-state index contributed by atoms with van der Waals surface area (Å²) in [6.07, 6.45) is 5.05. The Hall–Kier alpha value is -0.570. The number of ether oxygens (including phenoxy) is 1. The van der Waals surface area contributed by atoms with Crippen molar-refractivity contribution >= 4 is 35.8 Å². The van der Waals surface area contributed by atoms with E-state index in [2.05, 4.69) is 15.6 Å². The molecule has 6 nitrogen and oxygen atoms in total. The van der Waals surface area contributed by atoms with E-state index in [1.54, 1.807) is 12.0 Å². The fourth-order valence-corrected chi connectivity index (χ4v) is 2.96. The Morgan fingerprint density at radius 1 is 1.26 bits per heavy atom. The number of carbonyl (C=O) groups is 1. The summed E-state index contributed by atoms with van der Waals surface area (Å²) >= 11 is 0. The van der Waals surface area contributed by atoms with Crippen molar-refractivity contribution in [2.45, 2.75) is 39.0 Å². The fourth-order valence-electron chi connectivity index (χ4n) is 2.96. The highest BCUT2D eigenvalue weighted by molar-refractivity contribution is 14.0. The molecule has 1 rings (SSSR count). The zero-order valence-corrected chi connectivity index (χ0v) is 17.3. The molecule has 0 aliphatic heterocycles. The largest absolute Gasteiger partial charge is 0.385 e. The van der Waals surface area contributed by atoms with Crippen molar-refractivity contribution in [2.24, 2.45) is 10.4 Å². The van der Waals surface area contributed by atoms with Gasteiger partial charge in [-0.05, 0) is 26.2 Å². The number of hydrogen-bond acceptors (Lipinski definition) is 3. The van der Waals surface area contributed by atoms with Gasteiger partial charge in [-0.2, -0.15) is 0 Å². The highest BCUT2D eigenvalue weighted by atomic mass is 127. The molecule has 1 fully saturated rings. The second kappa shape index (κ2) is 11.9. The molecule has 0 aromatic rings. The van der Waals surface area contributed by atoms with Crippen LogP contribution in [0.3, 0.4) is 0 Å². The molecule has 1 saturated carbocycles. The summed E-state index contributed by atoms with van der Waals surface area (Å²) in [5.41, 5.74) is -0.307. The fraction of sp³-hybridized carbons (Fsp3) is 0.875. The smallest absolute Gasteiger partial charge is 0.230 e. The molecule has 0 aromatic heterocycles. The zero-order valence-electron chi connectivity index (χ0n) is 15.0. The molecule has 136 valence electrons. The topological polar surface area (TPSA) is 66.0 Å². The van der Waals surface area contributed by atoms with Gasteiger partial charge in [-0.1, -0.05) is 12.8 Å². The number of methoxy groups -OCH3 is 1. The van der Waals surface area contributed by atoms with Gasteiger partial charge in [-0.15, -0.1) is 24.0 Å². The number of hydrogen-bond donors (Lipinski definition) is 2. The van der Waals surface area contributed by atoms with Gasteiger partial charge >= 0.3 is 0 Å². The molecule has 0 spiro atoms. The number of nitrogens with one attached hydrogen (secondary N) is 2. The van der Waals surface area contributed by atoms with Crippen molar-refractivity contribution in [2.75, 3.05) is 47.4 Å². The molecule has 0 saturated heterocycles. The van der Waals surface area contributed by atoms with Gasteiger partial charge in [-0.25, -0.2) is 0 Å². The van der Waals surface area contributed by atoms with Gasteiger partial charge in [0.05, 0.1) is 12.0 Å². The minimum Gasteiger partial charge on any atom is -0.385 e. The molecule has 1 aliphatic rings. The summed E-state index contributed by atoms with van der Waals surface area (Å²) in [6, 6.07) is 0. The molecule has 23 heavy (non-hydrogen) atoms. The van der Waals surface area contributed by atoms with E-state index in [1.807, 2.05) is 21.0 Å². The summed E-state index contributed by atoms with van der Waals surface area (Å²) in [6.45, 7) is 4.96. The highest BCUT2D eigenvalue weighted by Crippen LogP contribution is 2.39. The second-order valence-corrected chi connectivity index (χ2v) is 6.16. The first-order chi connectivity index (χ1) is 10.6. The van der Waals surface area contributed by atoms with Gasteiger partial charge in [0.2, 0.25) is 5.91 Å². The molecule has 1 amide bonds. The minimum atomic E-state index is -0.307. The minimum absolute atomic E-state index is 0. The van der Waals surface area contributed by atoms with Crippen molar-refractivity contribution in [1.29, 1.82) is 0 Å². The first-order valence-corrected chi connectivity index (χ1v) is 8.28. The average molecular weight is 440 g/mol. The van der Waals surface area contributed by atoms with Gasteiger partial charge in [0, 0.05) is 40.9 Å². The summed E-state index contributed by atoms with van der Waals surface area (Å²) in [5.74, 6) is 1.00. The van der Waals surface area contributed by atoms with Crippen molar-refractivity contribution in [1.82, 2.24) is 15.5 Å². The third kappa shape index (κ3) is 7.24. The normalized spacial score (nSPS) is 16.6. The number of guanidine groups is 1. The van der Waals surface area contributed by atoms with Gasteiger partial charge in [0.1, 0.15) is 0 Å². The molecular weight excluding hydrogens is 407 g/mol. The zero-order chi connectivity index (χ0) is 16.4. The van der Waals surface area contributed by atoms with E-state index < -0.39 is 0 Å². The third-order valence-electron chi connectivity index (χ3n) is 4.12. The molecule has 0 heterocycles. The molecule has 1 aliphatic carbocycles. The molecule has 0 unspecified atom stereocenters. The van der Waals surface area contributed by atoms with Gasteiger partial charge in [0.25, 0.3) is 0 Å². The second-order valence-electron chi connectivity index (χ2n) is 6.16. The van der Waals surface area contributed by atoms with E-state index in [9.17, 15) is 4.79 Å². The van der Waals surface area contributed by atoms with Crippen LogP contribution in [0.1, 0.15) is 39.0 Å². The SMILES string of the molecule is CCNC(=NCC1(C(=O)N(C)C)CCCC1)NCCCOC.I. The number of aliphatic imine (C=N–C) groups is 1. The third-order valence-corrected chi connectivity index (χ3v) is 4.12. The Kier molecular flexibility index (Phi) is 11.6. The lowest BCUT2D eigenvalue weighted by atomic mass is 9.85. The van der Waals surface area contributed by atoms with Gasteiger partial charge < -0.3 is 20.3 Å². The molecule has 0 bridgehead atoms. The molecular formula is C16H33IN4O2. The van der Waals surface area contributed by atoms with E-state index in [-0.39, 0.29) is 35.3 Å². The van der Waals surface area contributed by atoms with Crippen LogP contribution in [-0.4, -0.2) is 64.2 Å². The maximum Gasteiger partial charge on any atom is 0.230 e. The summed E-state index contributed by atoms with van der Waals surface area (Å²) in [4.78, 5) is 18.9. The van der Waals surface area contributed by atoms with Crippen LogP contribution in [0.4, 0.5) is 0 Å². The van der Waals surface area contributed by atoms with Crippen LogP contribution in [0.2, 0.25) is 0 Å². The Balaban J connectivity index is 0.00000484. The number of halogens is 1. The van der Waals surface area contributed by atoms with Crippen molar-refractivity contribution in [3.8, 4) is 0 Å². The van der Waals surface area contributed by atoms with Gasteiger partial charge in [-0.3, -0.25) is 9.79 Å². The van der Waals surface area contributed by atoms with Crippen molar-refractivity contribution in [3.63, 3.8) is 0 Å². The van der Waals surface area contributed by atoms with Crippen LogP contribution in [0, 0.1) is 5.41 Å².